The fraction of sp³-hybridized carbons (Fsp3) is 0.368. The number of benzene rings is 1. The highest BCUT2D eigenvalue weighted by atomic mass is 32.1. The van der Waals surface area contributed by atoms with Crippen molar-refractivity contribution >= 4 is 23.2 Å². The van der Waals surface area contributed by atoms with Crippen LogP contribution in [0.25, 0.3) is 10.4 Å². The van der Waals surface area contributed by atoms with Gasteiger partial charge in [-0.05, 0) is 49.0 Å². The third-order valence-corrected chi connectivity index (χ3v) is 5.33. The van der Waals surface area contributed by atoms with Crippen LogP contribution in [0.15, 0.2) is 30.3 Å². The predicted molar refractivity (Wildman–Crippen MR) is 103 cm³/mol. The van der Waals surface area contributed by atoms with E-state index >= 15 is 0 Å². The van der Waals surface area contributed by atoms with Crippen LogP contribution in [0.4, 0.5) is 0 Å². The molecule has 0 unspecified atom stereocenters. The molecular formula is C19H24N2O4S. The Morgan fingerprint density at radius 3 is 2.38 bits per heavy atom. The lowest BCUT2D eigenvalue weighted by molar-refractivity contribution is 0.0692. The van der Waals surface area contributed by atoms with Crippen LogP contribution in [0.3, 0.4) is 0 Å². The molecule has 1 heterocycles. The van der Waals surface area contributed by atoms with Gasteiger partial charge in [0.05, 0.1) is 12.7 Å². The summed E-state index contributed by atoms with van der Waals surface area (Å²) in [4.78, 5) is 27.2. The van der Waals surface area contributed by atoms with Crippen LogP contribution in [0.5, 0.6) is 5.75 Å². The Hall–Kier alpha value is -2.38. The molecule has 0 aliphatic heterocycles. The van der Waals surface area contributed by atoms with Gasteiger partial charge < -0.3 is 20.1 Å². The van der Waals surface area contributed by atoms with E-state index in [1.165, 1.54) is 11.3 Å². The van der Waals surface area contributed by atoms with Gasteiger partial charge in [-0.3, -0.25) is 4.79 Å². The molecule has 7 heteroatoms. The number of carbonyl (C=O) groups is 2. The maximum absolute atomic E-state index is 12.5. The normalized spacial score (nSPS) is 10.8. The molecule has 0 bridgehead atoms. The van der Waals surface area contributed by atoms with Crippen molar-refractivity contribution in [2.45, 2.75) is 13.8 Å². The summed E-state index contributed by atoms with van der Waals surface area (Å²) in [5.74, 6) is -0.729. The van der Waals surface area contributed by atoms with E-state index in [9.17, 15) is 14.7 Å². The first kappa shape index (κ1) is 19.9. The molecule has 0 saturated carbocycles. The van der Waals surface area contributed by atoms with Crippen molar-refractivity contribution in [1.82, 2.24) is 10.2 Å². The van der Waals surface area contributed by atoms with Gasteiger partial charge in [0.25, 0.3) is 5.91 Å². The number of methoxy groups -OCH3 is 1. The van der Waals surface area contributed by atoms with E-state index in [1.807, 2.05) is 12.1 Å². The van der Waals surface area contributed by atoms with Crippen molar-refractivity contribution in [2.75, 3.05) is 33.3 Å². The minimum absolute atomic E-state index is 0.0288. The van der Waals surface area contributed by atoms with Crippen molar-refractivity contribution < 1.29 is 19.4 Å². The lowest BCUT2D eigenvalue weighted by Crippen LogP contribution is -2.34. The number of hydrogen-bond donors (Lipinski definition) is 2. The molecule has 1 aromatic carbocycles. The van der Waals surface area contributed by atoms with Crippen LogP contribution >= 0.6 is 11.3 Å². The number of likely N-dealkylation sites (N-methyl/N-ethyl adjacent to an activating group) is 1. The van der Waals surface area contributed by atoms with Gasteiger partial charge in [0, 0.05) is 18.0 Å². The molecule has 0 radical (unpaired) electrons. The summed E-state index contributed by atoms with van der Waals surface area (Å²) in [6.07, 6.45) is 0. The number of hydrogen-bond acceptors (Lipinski definition) is 5. The molecule has 0 aliphatic carbocycles. The van der Waals surface area contributed by atoms with Gasteiger partial charge in [-0.2, -0.15) is 0 Å². The highest BCUT2D eigenvalue weighted by molar-refractivity contribution is 7.17. The maximum atomic E-state index is 12.5. The topological polar surface area (TPSA) is 78.9 Å². The summed E-state index contributed by atoms with van der Waals surface area (Å²) >= 11 is 1.19. The molecule has 6 nitrogen and oxygen atoms in total. The van der Waals surface area contributed by atoms with Crippen molar-refractivity contribution in [2.24, 2.45) is 0 Å². The Morgan fingerprint density at radius 1 is 1.19 bits per heavy atom. The molecule has 0 fully saturated rings. The summed E-state index contributed by atoms with van der Waals surface area (Å²) in [6, 6.07) is 8.85. The molecule has 1 amide bonds. The number of ether oxygens (including phenoxy) is 1. The van der Waals surface area contributed by atoms with E-state index in [0.29, 0.717) is 6.54 Å². The number of aromatic carboxylic acids is 1. The number of nitrogens with zero attached hydrogens (tertiary/aromatic N) is 1. The lowest BCUT2D eigenvalue weighted by atomic mass is 10.1. The van der Waals surface area contributed by atoms with Gasteiger partial charge in [0.2, 0.25) is 0 Å². The minimum Gasteiger partial charge on any atom is -0.497 e. The highest BCUT2D eigenvalue weighted by Crippen LogP contribution is 2.32. The van der Waals surface area contributed by atoms with Crippen molar-refractivity contribution in [3.8, 4) is 16.2 Å². The van der Waals surface area contributed by atoms with Crippen molar-refractivity contribution in [3.63, 3.8) is 0 Å². The third-order valence-electron chi connectivity index (χ3n) is 4.15. The first-order chi connectivity index (χ1) is 12.5. The number of carboxylic acids is 1. The van der Waals surface area contributed by atoms with Crippen LogP contribution < -0.4 is 10.1 Å². The van der Waals surface area contributed by atoms with E-state index in [2.05, 4.69) is 24.1 Å². The zero-order valence-corrected chi connectivity index (χ0v) is 16.1. The summed E-state index contributed by atoms with van der Waals surface area (Å²) in [5, 5.41) is 12.3. The molecule has 0 spiro atoms. The average Bonchev–Trinajstić information content (AvgIpc) is 3.11. The van der Waals surface area contributed by atoms with Gasteiger partial charge in [0.1, 0.15) is 10.6 Å². The number of amides is 1. The smallest absolute Gasteiger partial charge is 0.337 e. The van der Waals surface area contributed by atoms with E-state index in [-0.39, 0.29) is 16.3 Å². The van der Waals surface area contributed by atoms with Crippen LogP contribution in [-0.2, 0) is 0 Å². The molecule has 2 rings (SSSR count). The van der Waals surface area contributed by atoms with Gasteiger partial charge in [-0.15, -0.1) is 11.3 Å². The molecule has 2 aromatic rings. The molecule has 26 heavy (non-hydrogen) atoms. The Labute approximate surface area is 157 Å². The maximum Gasteiger partial charge on any atom is 0.337 e. The highest BCUT2D eigenvalue weighted by Gasteiger charge is 2.21. The zero-order valence-electron chi connectivity index (χ0n) is 15.2. The summed E-state index contributed by atoms with van der Waals surface area (Å²) in [5.41, 5.74) is 0.877. The Bertz CT molecular complexity index is 751. The fourth-order valence-electron chi connectivity index (χ4n) is 2.56. The molecule has 2 N–H and O–H groups in total. The first-order valence-electron chi connectivity index (χ1n) is 8.52. The summed E-state index contributed by atoms with van der Waals surface area (Å²) in [7, 11) is 1.59. The van der Waals surface area contributed by atoms with E-state index < -0.39 is 5.97 Å². The largest absolute Gasteiger partial charge is 0.497 e. The number of nitrogens with one attached hydrogen (secondary N) is 1. The summed E-state index contributed by atoms with van der Waals surface area (Å²) in [6.45, 7) is 7.16. The Morgan fingerprint density at radius 2 is 1.85 bits per heavy atom. The standard InChI is InChI=1S/C19H24N2O4S/c1-4-21(5-2)11-10-20-18(22)17-15(19(23)24)12-16(26-17)13-6-8-14(25-3)9-7-13/h6-9,12H,4-5,10-11H2,1-3H3,(H,20,22)(H,23,24). The van der Waals surface area contributed by atoms with E-state index in [0.717, 1.165) is 35.8 Å². The third kappa shape index (κ3) is 4.83. The van der Waals surface area contributed by atoms with Crippen molar-refractivity contribution in [1.29, 1.82) is 0 Å². The number of rotatable bonds is 9. The number of carboxylic acid groups (broad SMARTS) is 1. The van der Waals surface area contributed by atoms with Gasteiger partial charge in [-0.1, -0.05) is 13.8 Å². The number of carbonyl (C=O) groups excluding carboxylic acids is 1. The monoisotopic (exact) mass is 376 g/mol. The quantitative estimate of drug-likeness (QED) is 0.703. The van der Waals surface area contributed by atoms with Crippen LogP contribution in [0.2, 0.25) is 0 Å². The van der Waals surface area contributed by atoms with Gasteiger partial charge in [-0.25, -0.2) is 4.79 Å². The second kappa shape index (κ2) is 9.35. The molecule has 1 aromatic heterocycles. The zero-order chi connectivity index (χ0) is 19.1. The lowest BCUT2D eigenvalue weighted by Gasteiger charge is -2.17. The molecule has 0 aliphatic rings. The van der Waals surface area contributed by atoms with Crippen LogP contribution in [-0.4, -0.2) is 55.2 Å². The van der Waals surface area contributed by atoms with Crippen LogP contribution in [0, 0.1) is 0 Å². The fourth-order valence-corrected chi connectivity index (χ4v) is 3.64. The van der Waals surface area contributed by atoms with Gasteiger partial charge in [0.15, 0.2) is 0 Å². The van der Waals surface area contributed by atoms with E-state index in [4.69, 9.17) is 4.74 Å². The molecule has 0 saturated heterocycles. The average molecular weight is 376 g/mol. The first-order valence-corrected chi connectivity index (χ1v) is 9.33. The summed E-state index contributed by atoms with van der Waals surface area (Å²) < 4.78 is 5.13. The van der Waals surface area contributed by atoms with E-state index in [1.54, 1.807) is 25.3 Å². The van der Waals surface area contributed by atoms with Crippen molar-refractivity contribution in [3.05, 3.63) is 40.8 Å². The number of thiophene rings is 1. The SMILES string of the molecule is CCN(CC)CCNC(=O)c1sc(-c2ccc(OC)cc2)cc1C(=O)O. The Kier molecular flexibility index (Phi) is 7.17. The van der Waals surface area contributed by atoms with Crippen LogP contribution in [0.1, 0.15) is 33.9 Å². The molecule has 0 atom stereocenters. The van der Waals surface area contributed by atoms with Gasteiger partial charge >= 0.3 is 5.97 Å². The molecule has 140 valence electrons. The Balaban J connectivity index is 2.17. The second-order valence-corrected chi connectivity index (χ2v) is 6.72. The minimum atomic E-state index is -1.10. The predicted octanol–water partition coefficient (Wildman–Crippen LogP) is 3.19. The second-order valence-electron chi connectivity index (χ2n) is 5.67. The molecular weight excluding hydrogens is 352 g/mol.